The molecule has 0 aromatic rings. The summed E-state index contributed by atoms with van der Waals surface area (Å²) in [6.07, 6.45) is 14.7. The summed E-state index contributed by atoms with van der Waals surface area (Å²) in [6, 6.07) is 0. The van der Waals surface area contributed by atoms with Gasteiger partial charge in [0.2, 0.25) is 0 Å². The molecule has 0 N–H and O–H groups in total. The molecule has 0 aliphatic heterocycles. The van der Waals surface area contributed by atoms with Crippen LogP contribution in [0.3, 0.4) is 0 Å². The molecule has 0 atom stereocenters. The van der Waals surface area contributed by atoms with Gasteiger partial charge in [0.1, 0.15) is 0 Å². The van der Waals surface area contributed by atoms with E-state index in [1.165, 1.54) is 12.2 Å². The standard InChI is InChI=1S/2C4H3.Cu/c2*1-3-4-2;/h2*3H,1H2;/q2*-1;+2. The number of allylic oxidation sites excluding steroid dienone is 2. The van der Waals surface area contributed by atoms with Crippen LogP contribution in [0.5, 0.6) is 0 Å². The Morgan fingerprint density at radius 1 is 1.00 bits per heavy atom. The van der Waals surface area contributed by atoms with E-state index in [4.69, 9.17) is 12.8 Å². The second kappa shape index (κ2) is 27.4. The second-order valence-corrected chi connectivity index (χ2v) is 0.697. The van der Waals surface area contributed by atoms with E-state index in [9.17, 15) is 0 Å². The minimum atomic E-state index is 0. The van der Waals surface area contributed by atoms with Crippen molar-refractivity contribution in [3.8, 4) is 11.8 Å². The Hall–Kier alpha value is -0.881. The van der Waals surface area contributed by atoms with Crippen LogP contribution in [-0.2, 0) is 17.1 Å². The van der Waals surface area contributed by atoms with Gasteiger partial charge in [-0.15, -0.1) is 0 Å². The number of rotatable bonds is 0. The topological polar surface area (TPSA) is 0 Å². The maximum absolute atomic E-state index is 6.08. The van der Waals surface area contributed by atoms with Crippen LogP contribution in [-0.4, -0.2) is 0 Å². The third-order valence-corrected chi connectivity index (χ3v) is 0.204. The summed E-state index contributed by atoms with van der Waals surface area (Å²) in [6.45, 7) is 6.36. The summed E-state index contributed by atoms with van der Waals surface area (Å²) in [4.78, 5) is 0. The molecule has 9 heavy (non-hydrogen) atoms. The Balaban J connectivity index is -0.0000000720. The van der Waals surface area contributed by atoms with Gasteiger partial charge in [-0.3, -0.25) is 11.8 Å². The van der Waals surface area contributed by atoms with Gasteiger partial charge in [-0.1, -0.05) is 0 Å². The van der Waals surface area contributed by atoms with Crippen LogP contribution in [0.15, 0.2) is 25.3 Å². The van der Waals surface area contributed by atoms with Crippen molar-refractivity contribution in [1.82, 2.24) is 0 Å². The van der Waals surface area contributed by atoms with Crippen LogP contribution in [0.25, 0.3) is 0 Å². The maximum atomic E-state index is 6.08. The smallest absolute Gasteiger partial charge is 0.366 e. The van der Waals surface area contributed by atoms with Crippen molar-refractivity contribution in [2.45, 2.75) is 0 Å². The van der Waals surface area contributed by atoms with Crippen LogP contribution in [0.4, 0.5) is 0 Å². The third-order valence-electron chi connectivity index (χ3n) is 0.204. The van der Waals surface area contributed by atoms with Gasteiger partial charge in [0, 0.05) is 0 Å². The van der Waals surface area contributed by atoms with Crippen molar-refractivity contribution in [2.75, 3.05) is 0 Å². The monoisotopic (exact) mass is 165 g/mol. The molecule has 0 unspecified atom stereocenters. The van der Waals surface area contributed by atoms with Crippen molar-refractivity contribution in [1.29, 1.82) is 0 Å². The van der Waals surface area contributed by atoms with E-state index >= 15 is 0 Å². The molecule has 0 bridgehead atoms. The van der Waals surface area contributed by atoms with Crippen molar-refractivity contribution in [3.63, 3.8) is 0 Å². The second-order valence-electron chi connectivity index (χ2n) is 0.697. The van der Waals surface area contributed by atoms with E-state index in [-0.39, 0.29) is 17.1 Å². The van der Waals surface area contributed by atoms with Gasteiger partial charge in [-0.2, -0.15) is 25.3 Å². The maximum Gasteiger partial charge on any atom is 2.00 e. The van der Waals surface area contributed by atoms with E-state index in [1.54, 1.807) is 0 Å². The van der Waals surface area contributed by atoms with Gasteiger partial charge < -0.3 is 12.8 Å². The van der Waals surface area contributed by atoms with E-state index in [1.807, 2.05) is 11.8 Å². The average Bonchev–Trinajstić information content (AvgIpc) is 1.88. The van der Waals surface area contributed by atoms with Gasteiger partial charge in [-0.25, -0.2) is 0 Å². The van der Waals surface area contributed by atoms with Crippen molar-refractivity contribution >= 4 is 0 Å². The zero-order valence-corrected chi connectivity index (χ0v) is 5.81. The van der Waals surface area contributed by atoms with E-state index in [0.717, 1.165) is 0 Å². The fourth-order valence-electron chi connectivity index (χ4n) is 0. The predicted octanol–water partition coefficient (Wildman–Crippen LogP) is 1.52. The van der Waals surface area contributed by atoms with Crippen LogP contribution in [0.2, 0.25) is 0 Å². The Morgan fingerprint density at radius 2 is 1.11 bits per heavy atom. The fraction of sp³-hybridized carbons (Fsp3) is 0. The summed E-state index contributed by atoms with van der Waals surface area (Å²) in [5.41, 5.74) is 0. The molecule has 0 saturated carbocycles. The average molecular weight is 166 g/mol. The molecular weight excluding hydrogens is 160 g/mol. The molecule has 49 valence electrons. The summed E-state index contributed by atoms with van der Waals surface area (Å²) in [5.74, 6) is 3.89. The van der Waals surface area contributed by atoms with Crippen LogP contribution in [0, 0.1) is 24.7 Å². The molecule has 0 heterocycles. The van der Waals surface area contributed by atoms with Gasteiger partial charge in [0.25, 0.3) is 0 Å². The predicted molar refractivity (Wildman–Crippen MR) is 34.7 cm³/mol. The molecule has 0 amide bonds. The van der Waals surface area contributed by atoms with Gasteiger partial charge in [0.05, 0.1) is 0 Å². The molecule has 1 heteroatoms. The Labute approximate surface area is 67.5 Å². The van der Waals surface area contributed by atoms with Gasteiger partial charge >= 0.3 is 17.1 Å². The molecule has 0 aliphatic rings. The molecule has 0 aromatic carbocycles. The molecule has 0 spiro atoms. The molecule has 0 fully saturated rings. The SMILES string of the molecule is [C-]#CC=C.[C-]#CC=C.[Cu+2]. The van der Waals surface area contributed by atoms with Crippen LogP contribution in [0.1, 0.15) is 0 Å². The normalized spacial score (nSPS) is 3.33. The first-order valence-corrected chi connectivity index (χ1v) is 1.89. The summed E-state index contributed by atoms with van der Waals surface area (Å²) in [7, 11) is 0. The molecule has 0 aliphatic carbocycles. The first kappa shape index (κ1) is 15.7. The summed E-state index contributed by atoms with van der Waals surface area (Å²) in [5, 5.41) is 0. The van der Waals surface area contributed by atoms with Crippen LogP contribution >= 0.6 is 0 Å². The van der Waals surface area contributed by atoms with Gasteiger partial charge in [0.15, 0.2) is 0 Å². The molecule has 0 aromatic heterocycles. The number of hydrogen-bond acceptors (Lipinski definition) is 0. The minimum Gasteiger partial charge on any atom is -0.366 e. The molecule has 0 nitrogen and oxygen atoms in total. The first-order valence-electron chi connectivity index (χ1n) is 1.89. The van der Waals surface area contributed by atoms with E-state index < -0.39 is 0 Å². The summed E-state index contributed by atoms with van der Waals surface area (Å²) < 4.78 is 0. The van der Waals surface area contributed by atoms with Crippen LogP contribution < -0.4 is 0 Å². The van der Waals surface area contributed by atoms with Crippen molar-refractivity contribution in [2.24, 2.45) is 0 Å². The van der Waals surface area contributed by atoms with Crippen molar-refractivity contribution < 1.29 is 17.1 Å². The quantitative estimate of drug-likeness (QED) is 0.290. The zero-order valence-electron chi connectivity index (χ0n) is 4.87. The number of hydrogen-bond donors (Lipinski definition) is 0. The minimum absolute atomic E-state index is 0. The molecular formula is C8H6Cu. The van der Waals surface area contributed by atoms with Gasteiger partial charge in [-0.05, 0) is 0 Å². The Bertz CT molecular complexity index is 114. The third kappa shape index (κ3) is 149. The van der Waals surface area contributed by atoms with Crippen molar-refractivity contribution in [3.05, 3.63) is 38.2 Å². The summed E-state index contributed by atoms with van der Waals surface area (Å²) >= 11 is 0. The fourth-order valence-corrected chi connectivity index (χ4v) is 0. The molecule has 0 saturated heterocycles. The Kier molecular flexibility index (Phi) is 47.8. The first-order chi connectivity index (χ1) is 3.83. The Morgan fingerprint density at radius 3 is 1.11 bits per heavy atom. The largest absolute Gasteiger partial charge is 2.00 e. The van der Waals surface area contributed by atoms with E-state index in [2.05, 4.69) is 13.2 Å². The molecule has 1 radical (unpaired) electrons. The molecule has 0 rings (SSSR count). The zero-order chi connectivity index (χ0) is 6.83. The van der Waals surface area contributed by atoms with E-state index in [0.29, 0.717) is 0 Å².